The second kappa shape index (κ2) is 30.1. The number of nitrogens with zero attached hydrogens (tertiary/aromatic N) is 5. The fraction of sp³-hybridized carbons (Fsp3) is 0.672. The first-order valence-corrected chi connectivity index (χ1v) is 27.7. The second-order valence-electron chi connectivity index (χ2n) is 22.2. The predicted molar refractivity (Wildman–Crippen MR) is 291 cm³/mol. The Hall–Kier alpha value is -5.80. The van der Waals surface area contributed by atoms with E-state index in [0.29, 0.717) is 63.4 Å². The van der Waals surface area contributed by atoms with Gasteiger partial charge in [-0.2, -0.15) is 0 Å². The van der Waals surface area contributed by atoms with Gasteiger partial charge in [-0.3, -0.25) is 24.5 Å². The van der Waals surface area contributed by atoms with Crippen molar-refractivity contribution in [3.63, 3.8) is 0 Å². The molecule has 3 aliphatic heterocycles. The molecule has 3 heterocycles. The summed E-state index contributed by atoms with van der Waals surface area (Å²) in [5, 5.41) is 39.0. The minimum absolute atomic E-state index is 0.00779. The van der Waals surface area contributed by atoms with Crippen molar-refractivity contribution in [3.05, 3.63) is 92.4 Å². The average Bonchev–Trinajstić information content (AvgIpc) is 3.51. The molecule has 1 saturated carbocycles. The number of ether oxygens (including phenoxy) is 7. The number of piperidine rings is 1. The van der Waals surface area contributed by atoms with E-state index in [2.05, 4.69) is 10.0 Å². The molecule has 436 valence electrons. The van der Waals surface area contributed by atoms with Crippen molar-refractivity contribution in [2.75, 3.05) is 27.9 Å². The van der Waals surface area contributed by atoms with Crippen molar-refractivity contribution in [1.29, 1.82) is 0 Å². The summed E-state index contributed by atoms with van der Waals surface area (Å²) in [5.74, 6) is -8.05. The Kier molecular flexibility index (Phi) is 24.4. The first kappa shape index (κ1) is 64.0. The van der Waals surface area contributed by atoms with E-state index in [1.165, 1.54) is 43.4 Å². The number of cyclic esters (lactones) is 1. The van der Waals surface area contributed by atoms with Crippen molar-refractivity contribution in [1.82, 2.24) is 4.90 Å². The SMILES string of the molecule is COC1C[C@@H]2CC[C@@H](C)[C@@](O)(O2)C(=O)C(=O)N2CCCC[C@H]2C(=O)O[C@H]([C@H](C)C[C@@H]2CC[C@@H](OC(=O)Oc3ccc([N+](=O)[O-])cc3)[C@H](OC)C2)CC(N=[N+]=[N-])[C@H](C)/C=C(\C)[C@@H](O)[C@@H](OC)C(=O)[C@H](C)C[C@H](C)/C=C/C=C/C=C/1C. The van der Waals surface area contributed by atoms with E-state index >= 15 is 0 Å². The number of non-ortho nitro benzene ring substituents is 1. The molecule has 16 atom stereocenters. The third kappa shape index (κ3) is 17.4. The number of benzene rings is 1. The van der Waals surface area contributed by atoms with E-state index in [1.54, 1.807) is 40.9 Å². The summed E-state index contributed by atoms with van der Waals surface area (Å²) in [6.07, 6.45) is 8.97. The van der Waals surface area contributed by atoms with Gasteiger partial charge in [0, 0.05) is 69.2 Å². The third-order valence-electron chi connectivity index (χ3n) is 16.3. The number of carbonyl (C=O) groups is 5. The van der Waals surface area contributed by atoms with Gasteiger partial charge < -0.3 is 48.3 Å². The number of nitro groups is 1. The van der Waals surface area contributed by atoms with Crippen LogP contribution in [0.4, 0.5) is 10.5 Å². The smallest absolute Gasteiger partial charge is 0.461 e. The van der Waals surface area contributed by atoms with E-state index in [1.807, 2.05) is 51.2 Å². The Morgan fingerprint density at radius 2 is 1.63 bits per heavy atom. The van der Waals surface area contributed by atoms with Gasteiger partial charge in [0.2, 0.25) is 5.79 Å². The quantitative estimate of drug-likeness (QED) is 0.0254. The molecule has 21 nitrogen and oxygen atoms in total. The fourth-order valence-electron chi connectivity index (χ4n) is 11.5. The third-order valence-corrected chi connectivity index (χ3v) is 16.3. The lowest BCUT2D eigenvalue weighted by Gasteiger charge is -2.43. The highest BCUT2D eigenvalue weighted by Crippen LogP contribution is 2.39. The Labute approximate surface area is 463 Å². The van der Waals surface area contributed by atoms with Crippen LogP contribution in [0.5, 0.6) is 5.75 Å². The topological polar surface area (TPSA) is 286 Å². The molecule has 1 aromatic rings. The Morgan fingerprint density at radius 1 is 0.911 bits per heavy atom. The zero-order valence-electron chi connectivity index (χ0n) is 47.5. The maximum absolute atomic E-state index is 14.8. The number of rotatable bonds is 10. The molecule has 79 heavy (non-hydrogen) atoms. The molecule has 5 rings (SSSR count). The number of ketones is 2. The summed E-state index contributed by atoms with van der Waals surface area (Å²) in [6, 6.07) is 2.92. The van der Waals surface area contributed by atoms with Crippen LogP contribution in [-0.2, 0) is 47.6 Å². The molecule has 0 radical (unpaired) electrons. The molecule has 2 saturated heterocycles. The van der Waals surface area contributed by atoms with E-state index in [9.17, 15) is 49.8 Å². The standard InChI is InChI=1S/C58H83N5O16/c1-34-16-12-11-13-17-35(2)48(73-8)32-44-23-19-40(7)58(70,79-44)54(66)55(67)62-27-15-14-18-46(62)56(68)77-49(33-45(60-61-59)36(3)29-39(6)52(65)53(75-10)51(64)38(5)28-34)37(4)30-41-20-26-47(50(31-41)74-9)78-57(69)76-43-24-21-42(22-25-43)63(71)72/h11-13,16-17,21-22,24-25,29,34,36-38,40-41,44-50,52-53,65,70H,14-15,18-20,23,26-28,30-33H2,1-10H3/b13-11+,16-12+,35-17+,39-29+/t34-,36-,37-,38-,40-,41+,44+,45?,46+,47-,48?,49+,50-,52-,53+,58-/m1/s1. The van der Waals surface area contributed by atoms with Gasteiger partial charge in [0.15, 0.2) is 5.78 Å². The number of azide groups is 1. The number of amides is 1. The fourth-order valence-corrected chi connectivity index (χ4v) is 11.5. The number of fused-ring (bicyclic) bond motifs is 3. The van der Waals surface area contributed by atoms with Crippen LogP contribution in [0.3, 0.4) is 0 Å². The van der Waals surface area contributed by atoms with Gasteiger partial charge in [0.1, 0.15) is 36.2 Å². The number of aliphatic hydroxyl groups excluding tert-OH is 1. The van der Waals surface area contributed by atoms with Crippen LogP contribution >= 0.6 is 0 Å². The molecule has 2 unspecified atom stereocenters. The molecular weight excluding hydrogens is 1020 g/mol. The highest BCUT2D eigenvalue weighted by Gasteiger charge is 2.53. The van der Waals surface area contributed by atoms with Gasteiger partial charge in [-0.15, -0.1) is 0 Å². The maximum Gasteiger partial charge on any atom is 0.514 e. The minimum atomic E-state index is -2.48. The molecule has 1 aliphatic carbocycles. The number of esters is 1. The number of allylic oxidation sites excluding steroid dienone is 5. The molecule has 0 aromatic heterocycles. The molecule has 1 aromatic carbocycles. The number of hydrogen-bond acceptors (Lipinski definition) is 17. The second-order valence-corrected chi connectivity index (χ2v) is 22.2. The Bertz CT molecular complexity index is 2440. The number of nitro benzene ring substituents is 1. The zero-order valence-corrected chi connectivity index (χ0v) is 47.5. The number of Topliss-reactive ketones (excluding diaryl/α,β-unsaturated/α-hetero) is 2. The van der Waals surface area contributed by atoms with Gasteiger partial charge in [-0.05, 0) is 137 Å². The lowest BCUT2D eigenvalue weighted by Crippen LogP contribution is -2.61. The van der Waals surface area contributed by atoms with E-state index in [-0.39, 0.29) is 54.9 Å². The summed E-state index contributed by atoms with van der Waals surface area (Å²) < 4.78 is 40.9. The highest BCUT2D eigenvalue weighted by molar-refractivity contribution is 6.39. The molecule has 1 amide bonds. The van der Waals surface area contributed by atoms with Crippen LogP contribution in [-0.4, -0.2) is 138 Å². The van der Waals surface area contributed by atoms with Crippen LogP contribution in [0.1, 0.15) is 126 Å². The summed E-state index contributed by atoms with van der Waals surface area (Å²) in [5.41, 5.74) is 11.1. The van der Waals surface area contributed by atoms with Gasteiger partial charge >= 0.3 is 12.1 Å². The Morgan fingerprint density at radius 3 is 2.29 bits per heavy atom. The lowest BCUT2D eigenvalue weighted by molar-refractivity contribution is -0.384. The highest BCUT2D eigenvalue weighted by atomic mass is 16.7. The largest absolute Gasteiger partial charge is 0.514 e. The molecule has 3 fully saturated rings. The van der Waals surface area contributed by atoms with E-state index < -0.39 is 113 Å². The van der Waals surface area contributed by atoms with Crippen molar-refractivity contribution >= 4 is 35.3 Å². The number of hydrogen-bond donors (Lipinski definition) is 2. The summed E-state index contributed by atoms with van der Waals surface area (Å²) in [4.78, 5) is 85.3. The van der Waals surface area contributed by atoms with Crippen molar-refractivity contribution in [2.24, 2.45) is 40.6 Å². The lowest BCUT2D eigenvalue weighted by atomic mass is 9.78. The molecule has 4 aliphatic rings. The van der Waals surface area contributed by atoms with Crippen LogP contribution in [0.25, 0.3) is 10.4 Å². The van der Waals surface area contributed by atoms with Crippen LogP contribution in [0.2, 0.25) is 0 Å². The Balaban J connectivity index is 1.46. The molecule has 0 spiro atoms. The summed E-state index contributed by atoms with van der Waals surface area (Å²) in [7, 11) is 4.42. The molecule has 2 bridgehead atoms. The summed E-state index contributed by atoms with van der Waals surface area (Å²) in [6.45, 7) is 12.7. The zero-order chi connectivity index (χ0) is 58.1. The number of carbonyl (C=O) groups excluding carboxylic acids is 5. The van der Waals surface area contributed by atoms with Gasteiger partial charge in [-0.25, -0.2) is 9.59 Å². The number of methoxy groups -OCH3 is 3. The van der Waals surface area contributed by atoms with Crippen LogP contribution in [0.15, 0.2) is 77.0 Å². The number of aliphatic hydroxyl groups is 2. The minimum Gasteiger partial charge on any atom is -0.461 e. The van der Waals surface area contributed by atoms with Crippen molar-refractivity contribution in [3.8, 4) is 5.75 Å². The monoisotopic (exact) mass is 1110 g/mol. The van der Waals surface area contributed by atoms with Crippen molar-refractivity contribution in [2.45, 2.75) is 186 Å². The van der Waals surface area contributed by atoms with Gasteiger partial charge in [0.05, 0.1) is 23.2 Å². The molecule has 21 heteroatoms. The van der Waals surface area contributed by atoms with Gasteiger partial charge in [-0.1, -0.05) is 76.2 Å². The van der Waals surface area contributed by atoms with E-state index in [0.717, 1.165) is 5.57 Å². The van der Waals surface area contributed by atoms with Crippen molar-refractivity contribution < 1.29 is 72.3 Å². The van der Waals surface area contributed by atoms with Crippen LogP contribution < -0.4 is 4.74 Å². The predicted octanol–water partition coefficient (Wildman–Crippen LogP) is 9.42. The maximum atomic E-state index is 14.8. The van der Waals surface area contributed by atoms with Crippen LogP contribution in [0, 0.1) is 45.6 Å². The van der Waals surface area contributed by atoms with E-state index in [4.69, 9.17) is 33.2 Å². The van der Waals surface area contributed by atoms with Gasteiger partial charge in [0.25, 0.3) is 17.4 Å². The average molecular weight is 1110 g/mol. The molecule has 2 N–H and O–H groups in total. The summed E-state index contributed by atoms with van der Waals surface area (Å²) >= 11 is 0. The first-order chi connectivity index (χ1) is 37.5. The normalized spacial score (nSPS) is 35.9. The molecular formula is C58H83N5O16. The first-order valence-electron chi connectivity index (χ1n) is 27.7.